The van der Waals surface area contributed by atoms with Gasteiger partial charge in [-0.2, -0.15) is 0 Å². The smallest absolute Gasteiger partial charge is 0.335 e. The molecule has 0 spiro atoms. The molecule has 4 aromatic rings. The van der Waals surface area contributed by atoms with Gasteiger partial charge >= 0.3 is 11.9 Å². The van der Waals surface area contributed by atoms with Gasteiger partial charge in [-0.1, -0.05) is 60.7 Å². The van der Waals surface area contributed by atoms with Crippen LogP contribution in [-0.4, -0.2) is 22.2 Å². The lowest BCUT2D eigenvalue weighted by Gasteiger charge is -2.09. The van der Waals surface area contributed by atoms with Crippen molar-refractivity contribution in [1.29, 1.82) is 0 Å². The lowest BCUT2D eigenvalue weighted by Crippen LogP contribution is -1.96. The van der Waals surface area contributed by atoms with Crippen LogP contribution in [0.2, 0.25) is 0 Å². The quantitative estimate of drug-likeness (QED) is 0.430. The van der Waals surface area contributed by atoms with Crippen LogP contribution in [0.3, 0.4) is 0 Å². The second-order valence-corrected chi connectivity index (χ2v) is 6.93. The third-order valence-electron chi connectivity index (χ3n) is 4.94. The fourth-order valence-electron chi connectivity index (χ4n) is 3.42. The molecule has 2 N–H and O–H groups in total. The fraction of sp³-hybridized carbons (Fsp3) is 0. The van der Waals surface area contributed by atoms with Crippen molar-refractivity contribution in [2.45, 2.75) is 0 Å². The minimum Gasteiger partial charge on any atom is -0.478 e. The topological polar surface area (TPSA) is 74.6 Å². The summed E-state index contributed by atoms with van der Waals surface area (Å²) in [6, 6.07) is 29.5. The summed E-state index contributed by atoms with van der Waals surface area (Å²) in [4.78, 5) is 22.5. The molecule has 30 heavy (non-hydrogen) atoms. The lowest BCUT2D eigenvalue weighted by molar-refractivity contribution is 0.0686. The summed E-state index contributed by atoms with van der Waals surface area (Å²) < 4.78 is 0. The van der Waals surface area contributed by atoms with Crippen molar-refractivity contribution in [2.75, 3.05) is 0 Å². The Labute approximate surface area is 173 Å². The number of carboxylic acids is 2. The van der Waals surface area contributed by atoms with Gasteiger partial charge in [0.05, 0.1) is 11.1 Å². The van der Waals surface area contributed by atoms with E-state index in [1.165, 1.54) is 0 Å². The monoisotopic (exact) mass is 394 g/mol. The highest BCUT2D eigenvalue weighted by Gasteiger charge is 2.08. The predicted octanol–water partition coefficient (Wildman–Crippen LogP) is 6.08. The summed E-state index contributed by atoms with van der Waals surface area (Å²) >= 11 is 0. The van der Waals surface area contributed by atoms with Crippen LogP contribution >= 0.6 is 0 Å². The van der Waals surface area contributed by atoms with Crippen LogP contribution in [0.25, 0.3) is 33.4 Å². The Morgan fingerprint density at radius 2 is 0.700 bits per heavy atom. The third kappa shape index (κ3) is 3.98. The van der Waals surface area contributed by atoms with Gasteiger partial charge in [-0.15, -0.1) is 0 Å². The van der Waals surface area contributed by atoms with E-state index in [1.807, 2.05) is 60.7 Å². The minimum atomic E-state index is -0.954. The van der Waals surface area contributed by atoms with Crippen LogP contribution in [0.5, 0.6) is 0 Å². The molecule has 146 valence electrons. The summed E-state index contributed by atoms with van der Waals surface area (Å²) in [7, 11) is 0. The molecule has 0 fully saturated rings. The van der Waals surface area contributed by atoms with Gasteiger partial charge in [-0.05, 0) is 69.8 Å². The van der Waals surface area contributed by atoms with Gasteiger partial charge in [0, 0.05) is 0 Å². The van der Waals surface area contributed by atoms with E-state index in [0.29, 0.717) is 0 Å². The average Bonchev–Trinajstić information content (AvgIpc) is 2.79. The first-order chi connectivity index (χ1) is 14.5. The molecule has 4 rings (SSSR count). The Bertz CT molecular complexity index is 1160. The first-order valence-electron chi connectivity index (χ1n) is 9.39. The normalized spacial score (nSPS) is 10.5. The van der Waals surface area contributed by atoms with Crippen molar-refractivity contribution in [3.63, 3.8) is 0 Å². The van der Waals surface area contributed by atoms with Crippen LogP contribution in [0.15, 0.2) is 97.1 Å². The SMILES string of the molecule is O=C(O)c1cccc(-c2cccc(-c3cccc(-c4cccc(C(=O)O)c4)c3)c2)c1. The van der Waals surface area contributed by atoms with E-state index in [-0.39, 0.29) is 11.1 Å². The van der Waals surface area contributed by atoms with Gasteiger partial charge in [-0.25, -0.2) is 9.59 Å². The molecule has 0 aliphatic rings. The number of aromatic carboxylic acids is 2. The third-order valence-corrected chi connectivity index (χ3v) is 4.94. The van der Waals surface area contributed by atoms with Crippen molar-refractivity contribution in [1.82, 2.24) is 0 Å². The highest BCUT2D eigenvalue weighted by Crippen LogP contribution is 2.30. The maximum absolute atomic E-state index is 11.3. The summed E-state index contributed by atoms with van der Waals surface area (Å²) in [5.74, 6) is -1.91. The van der Waals surface area contributed by atoms with E-state index in [1.54, 1.807) is 36.4 Å². The van der Waals surface area contributed by atoms with Crippen molar-refractivity contribution in [2.24, 2.45) is 0 Å². The zero-order valence-electron chi connectivity index (χ0n) is 15.9. The van der Waals surface area contributed by atoms with Gasteiger partial charge < -0.3 is 10.2 Å². The zero-order valence-corrected chi connectivity index (χ0v) is 15.9. The molecule has 4 nitrogen and oxygen atoms in total. The summed E-state index contributed by atoms with van der Waals surface area (Å²) in [6.07, 6.45) is 0. The average molecular weight is 394 g/mol. The molecule has 4 heteroatoms. The summed E-state index contributed by atoms with van der Waals surface area (Å²) in [6.45, 7) is 0. The second-order valence-electron chi connectivity index (χ2n) is 6.93. The molecule has 0 unspecified atom stereocenters. The van der Waals surface area contributed by atoms with Crippen LogP contribution in [-0.2, 0) is 0 Å². The molecule has 0 amide bonds. The number of hydrogen-bond acceptors (Lipinski definition) is 2. The Kier molecular flexibility index (Phi) is 5.14. The molecule has 0 aliphatic carbocycles. The molecule has 0 heterocycles. The van der Waals surface area contributed by atoms with Crippen LogP contribution in [0.1, 0.15) is 20.7 Å². The van der Waals surface area contributed by atoms with E-state index in [2.05, 4.69) is 0 Å². The molecule has 4 aromatic carbocycles. The molecular formula is C26H18O4. The van der Waals surface area contributed by atoms with Gasteiger partial charge in [0.1, 0.15) is 0 Å². The van der Waals surface area contributed by atoms with Crippen LogP contribution < -0.4 is 0 Å². The van der Waals surface area contributed by atoms with E-state index in [0.717, 1.165) is 33.4 Å². The standard InChI is InChI=1S/C26H18O4/c27-25(28)23-11-3-9-21(15-23)19-7-1-5-17(13-19)18-6-2-8-20(14-18)22-10-4-12-24(16-22)26(29)30/h1-16H,(H,27,28)(H,29,30). The Balaban J connectivity index is 1.72. The summed E-state index contributed by atoms with van der Waals surface area (Å²) in [5, 5.41) is 18.5. The maximum Gasteiger partial charge on any atom is 0.335 e. The number of carboxylic acid groups (broad SMARTS) is 2. The van der Waals surface area contributed by atoms with Crippen molar-refractivity contribution < 1.29 is 19.8 Å². The maximum atomic E-state index is 11.3. The molecule has 0 saturated carbocycles. The number of rotatable bonds is 5. The van der Waals surface area contributed by atoms with Gasteiger partial charge in [0.15, 0.2) is 0 Å². The van der Waals surface area contributed by atoms with E-state index >= 15 is 0 Å². The van der Waals surface area contributed by atoms with E-state index < -0.39 is 11.9 Å². The number of carbonyl (C=O) groups is 2. The second kappa shape index (κ2) is 8.05. The molecule has 0 radical (unpaired) electrons. The molecule has 0 aliphatic heterocycles. The zero-order chi connectivity index (χ0) is 21.1. The predicted molar refractivity (Wildman–Crippen MR) is 117 cm³/mol. The molecule has 0 bridgehead atoms. The van der Waals surface area contributed by atoms with Gasteiger partial charge in [0.25, 0.3) is 0 Å². The van der Waals surface area contributed by atoms with Crippen molar-refractivity contribution in [3.05, 3.63) is 108 Å². The van der Waals surface area contributed by atoms with Crippen LogP contribution in [0.4, 0.5) is 0 Å². The number of benzene rings is 4. The summed E-state index contributed by atoms with van der Waals surface area (Å²) in [5.41, 5.74) is 6.00. The number of hydrogen-bond donors (Lipinski definition) is 2. The Hall–Kier alpha value is -4.18. The first kappa shape index (κ1) is 19.2. The largest absolute Gasteiger partial charge is 0.478 e. The first-order valence-corrected chi connectivity index (χ1v) is 9.39. The molecule has 0 aromatic heterocycles. The van der Waals surface area contributed by atoms with E-state index in [9.17, 15) is 19.8 Å². The van der Waals surface area contributed by atoms with E-state index in [4.69, 9.17) is 0 Å². The lowest BCUT2D eigenvalue weighted by atomic mass is 9.95. The van der Waals surface area contributed by atoms with Crippen LogP contribution in [0, 0.1) is 0 Å². The molecule has 0 saturated heterocycles. The Morgan fingerprint density at radius 3 is 1.00 bits per heavy atom. The molecule has 0 atom stereocenters. The Morgan fingerprint density at radius 1 is 0.433 bits per heavy atom. The van der Waals surface area contributed by atoms with Gasteiger partial charge in [-0.3, -0.25) is 0 Å². The van der Waals surface area contributed by atoms with Crippen molar-refractivity contribution >= 4 is 11.9 Å². The van der Waals surface area contributed by atoms with Crippen molar-refractivity contribution in [3.8, 4) is 33.4 Å². The molecular weight excluding hydrogens is 376 g/mol. The highest BCUT2D eigenvalue weighted by molar-refractivity contribution is 5.90. The fourth-order valence-corrected chi connectivity index (χ4v) is 3.42. The highest BCUT2D eigenvalue weighted by atomic mass is 16.4. The minimum absolute atomic E-state index is 0.248. The van der Waals surface area contributed by atoms with Gasteiger partial charge in [0.2, 0.25) is 0 Å².